The Bertz CT molecular complexity index is 658. The third kappa shape index (κ3) is 3.11. The van der Waals surface area contributed by atoms with Crippen molar-refractivity contribution in [2.45, 2.75) is 0 Å². The van der Waals surface area contributed by atoms with Gasteiger partial charge in [0, 0.05) is 0 Å². The van der Waals surface area contributed by atoms with Gasteiger partial charge < -0.3 is 16.4 Å². The van der Waals surface area contributed by atoms with Crippen LogP contribution in [0.1, 0.15) is 10.4 Å². The van der Waals surface area contributed by atoms with Crippen molar-refractivity contribution in [3.63, 3.8) is 0 Å². The fraction of sp³-hybridized carbons (Fsp3) is 0. The highest BCUT2D eigenvalue weighted by Crippen LogP contribution is 2.16. The molecule has 3 amide bonds. The quantitative estimate of drug-likeness (QED) is 0.803. The van der Waals surface area contributed by atoms with Gasteiger partial charge in [-0.15, -0.1) is 0 Å². The largest absolute Gasteiger partial charge is 0.366 e. The van der Waals surface area contributed by atoms with Gasteiger partial charge in [-0.1, -0.05) is 24.3 Å². The van der Waals surface area contributed by atoms with Gasteiger partial charge in [-0.25, -0.2) is 9.18 Å². The van der Waals surface area contributed by atoms with Crippen molar-refractivity contribution in [1.82, 2.24) is 0 Å². The molecule has 5 nitrogen and oxygen atoms in total. The SMILES string of the molecule is NC(=O)c1ccccc1NC(=O)Nc1ccccc1F. The van der Waals surface area contributed by atoms with Crippen LogP contribution in [0.5, 0.6) is 0 Å². The number of hydrogen-bond acceptors (Lipinski definition) is 2. The number of para-hydroxylation sites is 2. The van der Waals surface area contributed by atoms with Gasteiger partial charge >= 0.3 is 6.03 Å². The van der Waals surface area contributed by atoms with Crippen molar-refractivity contribution in [3.8, 4) is 0 Å². The first-order chi connectivity index (χ1) is 9.58. The number of urea groups is 1. The summed E-state index contributed by atoms with van der Waals surface area (Å²) in [6, 6.07) is 11.4. The molecule has 0 radical (unpaired) electrons. The van der Waals surface area contributed by atoms with Crippen LogP contribution >= 0.6 is 0 Å². The van der Waals surface area contributed by atoms with Gasteiger partial charge in [-0.2, -0.15) is 0 Å². The smallest absolute Gasteiger partial charge is 0.323 e. The normalized spacial score (nSPS) is 9.85. The van der Waals surface area contributed by atoms with Gasteiger partial charge in [0.05, 0.1) is 16.9 Å². The zero-order valence-corrected chi connectivity index (χ0v) is 10.4. The zero-order chi connectivity index (χ0) is 14.5. The van der Waals surface area contributed by atoms with E-state index in [1.807, 2.05) is 0 Å². The molecule has 0 aliphatic carbocycles. The molecule has 0 aliphatic heterocycles. The number of nitrogens with one attached hydrogen (secondary N) is 2. The Hall–Kier alpha value is -2.89. The number of halogens is 1. The van der Waals surface area contributed by atoms with Crippen LogP contribution < -0.4 is 16.4 Å². The van der Waals surface area contributed by atoms with E-state index in [1.54, 1.807) is 18.2 Å². The second kappa shape index (κ2) is 5.83. The molecule has 0 atom stereocenters. The summed E-state index contributed by atoms with van der Waals surface area (Å²) < 4.78 is 13.4. The van der Waals surface area contributed by atoms with E-state index in [0.717, 1.165) is 0 Å². The highest BCUT2D eigenvalue weighted by atomic mass is 19.1. The summed E-state index contributed by atoms with van der Waals surface area (Å²) in [5.74, 6) is -1.21. The number of carbonyl (C=O) groups excluding carboxylic acids is 2. The van der Waals surface area contributed by atoms with E-state index in [9.17, 15) is 14.0 Å². The summed E-state index contributed by atoms with van der Waals surface area (Å²) in [6.07, 6.45) is 0. The topological polar surface area (TPSA) is 84.2 Å². The lowest BCUT2D eigenvalue weighted by molar-refractivity contribution is 0.100. The van der Waals surface area contributed by atoms with Gasteiger partial charge in [0.25, 0.3) is 5.91 Å². The molecule has 20 heavy (non-hydrogen) atoms. The first kappa shape index (κ1) is 13.5. The molecule has 2 aromatic carbocycles. The van der Waals surface area contributed by atoms with E-state index >= 15 is 0 Å². The summed E-state index contributed by atoms with van der Waals surface area (Å²) in [4.78, 5) is 23.0. The molecule has 2 rings (SSSR count). The Balaban J connectivity index is 2.13. The third-order valence-corrected chi connectivity index (χ3v) is 2.56. The lowest BCUT2D eigenvalue weighted by Gasteiger charge is -2.10. The van der Waals surface area contributed by atoms with Crippen LogP contribution in [0.4, 0.5) is 20.6 Å². The van der Waals surface area contributed by atoms with Gasteiger partial charge in [0.1, 0.15) is 5.82 Å². The number of amides is 3. The number of primary amides is 1. The predicted octanol–water partition coefficient (Wildman–Crippen LogP) is 2.57. The first-order valence-corrected chi connectivity index (χ1v) is 5.79. The first-order valence-electron chi connectivity index (χ1n) is 5.79. The lowest BCUT2D eigenvalue weighted by Crippen LogP contribution is -2.22. The van der Waals surface area contributed by atoms with Crippen LogP contribution in [0.3, 0.4) is 0 Å². The second-order valence-corrected chi connectivity index (χ2v) is 3.97. The molecule has 0 fully saturated rings. The Morgan fingerprint density at radius 2 is 1.45 bits per heavy atom. The Labute approximate surface area is 114 Å². The molecule has 0 aliphatic rings. The maximum absolute atomic E-state index is 13.4. The van der Waals surface area contributed by atoms with Gasteiger partial charge in [-0.05, 0) is 24.3 Å². The Morgan fingerprint density at radius 3 is 2.10 bits per heavy atom. The van der Waals surface area contributed by atoms with E-state index in [0.29, 0.717) is 0 Å². The van der Waals surface area contributed by atoms with E-state index in [2.05, 4.69) is 10.6 Å². The van der Waals surface area contributed by atoms with Crippen LogP contribution in [0.2, 0.25) is 0 Å². The average Bonchev–Trinajstić information content (AvgIpc) is 2.41. The van der Waals surface area contributed by atoms with Gasteiger partial charge in [0.2, 0.25) is 0 Å². The molecule has 102 valence electrons. The minimum absolute atomic E-state index is 0.0431. The molecular weight excluding hydrogens is 261 g/mol. The van der Waals surface area contributed by atoms with Crippen LogP contribution in [-0.2, 0) is 0 Å². The molecular formula is C14H12FN3O2. The van der Waals surface area contributed by atoms with Crippen LogP contribution in [-0.4, -0.2) is 11.9 Å². The maximum atomic E-state index is 13.4. The molecule has 0 unspecified atom stereocenters. The van der Waals surface area contributed by atoms with Crippen molar-refractivity contribution in [2.24, 2.45) is 5.73 Å². The molecule has 2 aromatic rings. The fourth-order valence-electron chi connectivity index (χ4n) is 1.65. The van der Waals surface area contributed by atoms with Crippen LogP contribution in [0.25, 0.3) is 0 Å². The monoisotopic (exact) mass is 273 g/mol. The zero-order valence-electron chi connectivity index (χ0n) is 10.4. The molecule has 6 heteroatoms. The molecule has 0 saturated heterocycles. The van der Waals surface area contributed by atoms with E-state index in [4.69, 9.17) is 5.73 Å². The summed E-state index contributed by atoms with van der Waals surface area (Å²) in [6.45, 7) is 0. The number of benzene rings is 2. The number of carbonyl (C=O) groups is 2. The lowest BCUT2D eigenvalue weighted by atomic mass is 10.1. The molecule has 0 aromatic heterocycles. The van der Waals surface area contributed by atoms with E-state index in [-0.39, 0.29) is 16.9 Å². The van der Waals surface area contributed by atoms with Crippen LogP contribution in [0, 0.1) is 5.82 Å². The highest BCUT2D eigenvalue weighted by Gasteiger charge is 2.11. The molecule has 0 bridgehead atoms. The van der Waals surface area contributed by atoms with Crippen molar-refractivity contribution in [1.29, 1.82) is 0 Å². The Kier molecular flexibility index (Phi) is 3.95. The summed E-state index contributed by atoms with van der Waals surface area (Å²) in [7, 11) is 0. The number of anilines is 2. The summed E-state index contributed by atoms with van der Waals surface area (Å²) in [5, 5.41) is 4.80. The minimum atomic E-state index is -0.663. The molecule has 4 N–H and O–H groups in total. The standard InChI is InChI=1S/C14H12FN3O2/c15-10-6-2-4-8-12(10)18-14(20)17-11-7-3-1-5-9(11)13(16)19/h1-8H,(H2,16,19)(H2,17,18,20). The van der Waals surface area contributed by atoms with Crippen molar-refractivity contribution in [3.05, 3.63) is 59.9 Å². The van der Waals surface area contributed by atoms with Crippen molar-refractivity contribution < 1.29 is 14.0 Å². The van der Waals surface area contributed by atoms with Crippen molar-refractivity contribution >= 4 is 23.3 Å². The number of hydrogen-bond donors (Lipinski definition) is 3. The average molecular weight is 273 g/mol. The number of rotatable bonds is 3. The third-order valence-electron chi connectivity index (χ3n) is 2.56. The van der Waals surface area contributed by atoms with E-state index in [1.165, 1.54) is 30.3 Å². The number of nitrogens with two attached hydrogens (primary N) is 1. The van der Waals surface area contributed by atoms with E-state index < -0.39 is 17.8 Å². The fourth-order valence-corrected chi connectivity index (χ4v) is 1.65. The minimum Gasteiger partial charge on any atom is -0.366 e. The maximum Gasteiger partial charge on any atom is 0.323 e. The van der Waals surface area contributed by atoms with Crippen molar-refractivity contribution in [2.75, 3.05) is 10.6 Å². The van der Waals surface area contributed by atoms with Gasteiger partial charge in [0.15, 0.2) is 0 Å². The van der Waals surface area contributed by atoms with Gasteiger partial charge in [-0.3, -0.25) is 4.79 Å². The molecule has 0 saturated carbocycles. The molecule has 0 spiro atoms. The van der Waals surface area contributed by atoms with Crippen LogP contribution in [0.15, 0.2) is 48.5 Å². The second-order valence-electron chi connectivity index (χ2n) is 3.97. The summed E-state index contributed by atoms with van der Waals surface area (Å²) >= 11 is 0. The molecule has 0 heterocycles. The summed E-state index contributed by atoms with van der Waals surface area (Å²) in [5.41, 5.74) is 5.67. The predicted molar refractivity (Wildman–Crippen MR) is 74.0 cm³/mol. The highest BCUT2D eigenvalue weighted by molar-refractivity contribution is 6.06. The Morgan fingerprint density at radius 1 is 0.900 bits per heavy atom.